The molecule has 0 aromatic carbocycles. The van der Waals surface area contributed by atoms with E-state index in [0.717, 1.165) is 24.5 Å². The van der Waals surface area contributed by atoms with Crippen molar-refractivity contribution in [1.82, 2.24) is 10.3 Å². The van der Waals surface area contributed by atoms with Gasteiger partial charge in [0.2, 0.25) is 0 Å². The standard InChI is InChI=1S/C8H12N2O2/c1-5-6(2)11-8(10-5)12-7-3-9-4-7/h7,9H,3-4H2,1-2H3. The Morgan fingerprint density at radius 1 is 1.50 bits per heavy atom. The van der Waals surface area contributed by atoms with E-state index in [0.29, 0.717) is 6.08 Å². The molecule has 0 aliphatic carbocycles. The molecule has 4 nitrogen and oxygen atoms in total. The smallest absolute Gasteiger partial charge is 0.394 e. The van der Waals surface area contributed by atoms with Crippen molar-refractivity contribution in [2.24, 2.45) is 0 Å². The summed E-state index contributed by atoms with van der Waals surface area (Å²) in [5, 5.41) is 3.11. The first-order valence-electron chi connectivity index (χ1n) is 4.07. The Morgan fingerprint density at radius 2 is 2.25 bits per heavy atom. The van der Waals surface area contributed by atoms with Crippen LogP contribution in [0.25, 0.3) is 0 Å². The lowest BCUT2D eigenvalue weighted by molar-refractivity contribution is 0.101. The van der Waals surface area contributed by atoms with Gasteiger partial charge < -0.3 is 14.5 Å². The van der Waals surface area contributed by atoms with Gasteiger partial charge in [-0.15, -0.1) is 0 Å². The van der Waals surface area contributed by atoms with Crippen molar-refractivity contribution in [2.75, 3.05) is 13.1 Å². The largest absolute Gasteiger partial charge is 0.444 e. The fourth-order valence-electron chi connectivity index (χ4n) is 0.982. The molecule has 12 heavy (non-hydrogen) atoms. The van der Waals surface area contributed by atoms with Gasteiger partial charge in [0.25, 0.3) is 0 Å². The van der Waals surface area contributed by atoms with Crippen LogP contribution >= 0.6 is 0 Å². The summed E-state index contributed by atoms with van der Waals surface area (Å²) < 4.78 is 10.7. The first-order valence-corrected chi connectivity index (χ1v) is 4.07. The van der Waals surface area contributed by atoms with Gasteiger partial charge in [-0.25, -0.2) is 0 Å². The van der Waals surface area contributed by atoms with Crippen LogP contribution in [0.15, 0.2) is 4.42 Å². The van der Waals surface area contributed by atoms with Crippen LogP contribution in [0.1, 0.15) is 11.5 Å². The highest BCUT2D eigenvalue weighted by atomic mass is 16.6. The third-order valence-corrected chi connectivity index (χ3v) is 2.02. The lowest BCUT2D eigenvalue weighted by atomic mass is 10.2. The Balaban J connectivity index is 2.02. The maximum absolute atomic E-state index is 5.41. The van der Waals surface area contributed by atoms with Gasteiger partial charge in [-0.3, -0.25) is 0 Å². The molecule has 1 saturated heterocycles. The first-order chi connectivity index (χ1) is 5.75. The number of hydrogen-bond acceptors (Lipinski definition) is 4. The Morgan fingerprint density at radius 3 is 2.67 bits per heavy atom. The van der Waals surface area contributed by atoms with Crippen molar-refractivity contribution >= 4 is 0 Å². The second-order valence-corrected chi connectivity index (χ2v) is 3.02. The van der Waals surface area contributed by atoms with Gasteiger partial charge in [-0.2, -0.15) is 4.98 Å². The van der Waals surface area contributed by atoms with E-state index in [9.17, 15) is 0 Å². The molecule has 0 bridgehead atoms. The van der Waals surface area contributed by atoms with E-state index < -0.39 is 0 Å². The van der Waals surface area contributed by atoms with Crippen LogP contribution in [-0.4, -0.2) is 24.2 Å². The lowest BCUT2D eigenvalue weighted by Gasteiger charge is -2.25. The van der Waals surface area contributed by atoms with E-state index in [1.165, 1.54) is 0 Å². The average molecular weight is 168 g/mol. The van der Waals surface area contributed by atoms with E-state index in [-0.39, 0.29) is 6.10 Å². The average Bonchev–Trinajstić information content (AvgIpc) is 2.24. The molecule has 1 N–H and O–H groups in total. The van der Waals surface area contributed by atoms with Crippen LogP contribution < -0.4 is 10.1 Å². The van der Waals surface area contributed by atoms with Crippen molar-refractivity contribution in [3.63, 3.8) is 0 Å². The number of oxazole rings is 1. The van der Waals surface area contributed by atoms with Gasteiger partial charge >= 0.3 is 6.08 Å². The molecule has 1 fully saturated rings. The Bertz CT molecular complexity index is 259. The van der Waals surface area contributed by atoms with E-state index in [1.54, 1.807) is 0 Å². The molecule has 4 heteroatoms. The van der Waals surface area contributed by atoms with Gasteiger partial charge in [0, 0.05) is 13.1 Å². The minimum atomic E-state index is 0.238. The van der Waals surface area contributed by atoms with Gasteiger partial charge in [-0.05, 0) is 13.8 Å². The van der Waals surface area contributed by atoms with E-state index in [1.807, 2.05) is 13.8 Å². The molecule has 2 rings (SSSR count). The summed E-state index contributed by atoms with van der Waals surface area (Å²) in [4.78, 5) is 4.12. The van der Waals surface area contributed by atoms with Gasteiger partial charge in [0.15, 0.2) is 0 Å². The van der Waals surface area contributed by atoms with Crippen LogP contribution in [0.3, 0.4) is 0 Å². The number of ether oxygens (including phenoxy) is 1. The molecular weight excluding hydrogens is 156 g/mol. The number of aryl methyl sites for hydroxylation is 2. The zero-order valence-corrected chi connectivity index (χ0v) is 7.26. The van der Waals surface area contributed by atoms with Crippen molar-refractivity contribution in [3.05, 3.63) is 11.5 Å². The monoisotopic (exact) mass is 168 g/mol. The maximum atomic E-state index is 5.41. The summed E-state index contributed by atoms with van der Waals surface area (Å²) in [6, 6.07) is 0. The van der Waals surface area contributed by atoms with E-state index in [2.05, 4.69) is 10.3 Å². The molecule has 1 aliphatic rings. The highest BCUT2D eigenvalue weighted by Gasteiger charge is 2.20. The molecule has 1 aromatic heterocycles. The summed E-state index contributed by atoms with van der Waals surface area (Å²) in [5.74, 6) is 0.831. The zero-order chi connectivity index (χ0) is 8.55. The molecule has 66 valence electrons. The number of hydrogen-bond donors (Lipinski definition) is 1. The van der Waals surface area contributed by atoms with Crippen LogP contribution in [0.2, 0.25) is 0 Å². The second kappa shape index (κ2) is 2.79. The molecule has 0 amide bonds. The number of aromatic nitrogens is 1. The van der Waals surface area contributed by atoms with Gasteiger partial charge in [0.1, 0.15) is 11.9 Å². The van der Waals surface area contributed by atoms with Crippen molar-refractivity contribution < 1.29 is 9.15 Å². The lowest BCUT2D eigenvalue weighted by Crippen LogP contribution is -2.50. The molecule has 2 heterocycles. The van der Waals surface area contributed by atoms with E-state index in [4.69, 9.17) is 9.15 Å². The predicted octanol–water partition coefficient (Wildman–Crippen LogP) is 0.642. The van der Waals surface area contributed by atoms with Crippen LogP contribution in [-0.2, 0) is 0 Å². The van der Waals surface area contributed by atoms with Crippen LogP contribution in [0, 0.1) is 13.8 Å². The van der Waals surface area contributed by atoms with Crippen LogP contribution in [0.5, 0.6) is 6.08 Å². The van der Waals surface area contributed by atoms with Gasteiger partial charge in [0.05, 0.1) is 5.69 Å². The summed E-state index contributed by atoms with van der Waals surface area (Å²) in [6.07, 6.45) is 0.638. The summed E-state index contributed by atoms with van der Waals surface area (Å²) in [6.45, 7) is 5.57. The highest BCUT2D eigenvalue weighted by Crippen LogP contribution is 2.17. The minimum Gasteiger partial charge on any atom is -0.444 e. The third kappa shape index (κ3) is 1.30. The Kier molecular flexibility index (Phi) is 1.77. The maximum Gasteiger partial charge on any atom is 0.394 e. The summed E-state index contributed by atoms with van der Waals surface area (Å²) in [7, 11) is 0. The normalized spacial score (nSPS) is 17.5. The molecule has 0 unspecified atom stereocenters. The summed E-state index contributed by atoms with van der Waals surface area (Å²) in [5.41, 5.74) is 0.900. The predicted molar refractivity (Wildman–Crippen MR) is 43.3 cm³/mol. The van der Waals surface area contributed by atoms with Gasteiger partial charge in [-0.1, -0.05) is 0 Å². The molecule has 0 atom stereocenters. The fourth-order valence-corrected chi connectivity index (χ4v) is 0.982. The molecule has 1 aromatic rings. The quantitative estimate of drug-likeness (QED) is 0.704. The Hall–Kier alpha value is -1.03. The molecule has 0 spiro atoms. The van der Waals surface area contributed by atoms with Crippen molar-refractivity contribution in [3.8, 4) is 6.08 Å². The number of rotatable bonds is 2. The first kappa shape index (κ1) is 7.61. The van der Waals surface area contributed by atoms with E-state index >= 15 is 0 Å². The SMILES string of the molecule is Cc1nc(OC2CNC2)oc1C. The third-order valence-electron chi connectivity index (χ3n) is 2.02. The molecule has 1 aliphatic heterocycles. The number of nitrogens with zero attached hydrogens (tertiary/aromatic N) is 1. The topological polar surface area (TPSA) is 47.3 Å². The van der Waals surface area contributed by atoms with Crippen molar-refractivity contribution in [2.45, 2.75) is 20.0 Å². The van der Waals surface area contributed by atoms with Crippen molar-refractivity contribution in [1.29, 1.82) is 0 Å². The van der Waals surface area contributed by atoms with Crippen LogP contribution in [0.4, 0.5) is 0 Å². The second-order valence-electron chi connectivity index (χ2n) is 3.02. The minimum absolute atomic E-state index is 0.238. The Labute approximate surface area is 70.9 Å². The molecular formula is C8H12N2O2. The fraction of sp³-hybridized carbons (Fsp3) is 0.625. The highest BCUT2D eigenvalue weighted by molar-refractivity contribution is 5.08. The zero-order valence-electron chi connectivity index (χ0n) is 7.26. The number of nitrogens with one attached hydrogen (secondary N) is 1. The molecule has 0 saturated carbocycles. The summed E-state index contributed by atoms with van der Waals surface area (Å²) >= 11 is 0. The molecule has 0 radical (unpaired) electrons.